The topological polar surface area (TPSA) is 81.8 Å². The molecular weight excluding hydrogens is 390 g/mol. The molecule has 4 aromatic rings. The van der Waals surface area contributed by atoms with E-state index in [0.29, 0.717) is 30.7 Å². The van der Waals surface area contributed by atoms with E-state index in [0.717, 1.165) is 16.7 Å². The third-order valence-corrected chi connectivity index (χ3v) is 4.91. The summed E-state index contributed by atoms with van der Waals surface area (Å²) in [5, 5.41) is 7.57. The number of carbonyl (C=O) groups is 1. The van der Waals surface area contributed by atoms with Crippen molar-refractivity contribution in [2.45, 2.75) is 20.0 Å². The molecule has 0 fully saturated rings. The zero-order valence-electron chi connectivity index (χ0n) is 17.2. The van der Waals surface area contributed by atoms with Crippen molar-refractivity contribution in [2.24, 2.45) is 0 Å². The van der Waals surface area contributed by atoms with Crippen molar-refractivity contribution in [3.8, 4) is 0 Å². The third-order valence-electron chi connectivity index (χ3n) is 4.91. The average Bonchev–Trinajstić information content (AvgIpc) is 3.19. The van der Waals surface area contributed by atoms with Gasteiger partial charge in [-0.05, 0) is 24.1 Å². The van der Waals surface area contributed by atoms with Gasteiger partial charge in [-0.25, -0.2) is 9.67 Å². The minimum atomic E-state index is -0.186. The predicted molar refractivity (Wildman–Crippen MR) is 121 cm³/mol. The summed E-state index contributed by atoms with van der Waals surface area (Å²) in [5.41, 5.74) is 3.53. The van der Waals surface area contributed by atoms with E-state index >= 15 is 0 Å². The second-order valence-corrected chi connectivity index (χ2v) is 7.31. The van der Waals surface area contributed by atoms with Gasteiger partial charge in [0.05, 0.1) is 19.3 Å². The molecule has 31 heavy (non-hydrogen) atoms. The first kappa shape index (κ1) is 20.3. The van der Waals surface area contributed by atoms with E-state index in [-0.39, 0.29) is 11.5 Å². The summed E-state index contributed by atoms with van der Waals surface area (Å²) in [6.45, 7) is 3.28. The number of carbonyl (C=O) groups excluding carboxylic acids is 1. The van der Waals surface area contributed by atoms with Gasteiger partial charge >= 0.3 is 0 Å². The smallest absolute Gasteiger partial charge is 0.264 e. The van der Waals surface area contributed by atoms with Crippen molar-refractivity contribution in [1.29, 1.82) is 0 Å². The molecule has 0 atom stereocenters. The molecule has 0 aliphatic carbocycles. The Labute approximate surface area is 179 Å². The van der Waals surface area contributed by atoms with Crippen LogP contribution in [0.3, 0.4) is 0 Å². The minimum absolute atomic E-state index is 0.132. The molecule has 0 bridgehead atoms. The molecule has 7 heteroatoms. The van der Waals surface area contributed by atoms with Gasteiger partial charge in [-0.15, -0.1) is 0 Å². The van der Waals surface area contributed by atoms with Crippen LogP contribution in [-0.2, 0) is 17.9 Å². The van der Waals surface area contributed by atoms with Crippen LogP contribution in [0, 0.1) is 6.92 Å². The molecule has 2 aromatic heterocycles. The van der Waals surface area contributed by atoms with Crippen LogP contribution < -0.4 is 10.9 Å². The third kappa shape index (κ3) is 4.95. The fourth-order valence-electron chi connectivity index (χ4n) is 3.36. The van der Waals surface area contributed by atoms with Gasteiger partial charge in [-0.1, -0.05) is 60.2 Å². The lowest BCUT2D eigenvalue weighted by Gasteiger charge is -2.07. The largest absolute Gasteiger partial charge is 0.351 e. The van der Waals surface area contributed by atoms with Crippen LogP contribution in [0.15, 0.2) is 78.0 Å². The van der Waals surface area contributed by atoms with Gasteiger partial charge in [-0.3, -0.25) is 14.2 Å². The monoisotopic (exact) mass is 413 g/mol. The fraction of sp³-hybridized carbons (Fsp3) is 0.167. The molecule has 2 heterocycles. The van der Waals surface area contributed by atoms with Gasteiger partial charge in [0.25, 0.3) is 5.56 Å². The van der Waals surface area contributed by atoms with Gasteiger partial charge < -0.3 is 5.32 Å². The van der Waals surface area contributed by atoms with E-state index in [2.05, 4.69) is 21.5 Å². The molecule has 0 radical (unpaired) electrons. The van der Waals surface area contributed by atoms with E-state index in [1.165, 1.54) is 12.3 Å². The van der Waals surface area contributed by atoms with Crippen LogP contribution in [-0.4, -0.2) is 31.8 Å². The molecule has 0 aliphatic heterocycles. The van der Waals surface area contributed by atoms with E-state index in [1.54, 1.807) is 21.7 Å². The number of amides is 1. The normalized spacial score (nSPS) is 11.3. The Morgan fingerprint density at radius 2 is 1.97 bits per heavy atom. The molecule has 0 spiro atoms. The number of hydrogen-bond acceptors (Lipinski definition) is 4. The second kappa shape index (κ2) is 9.21. The molecule has 0 saturated carbocycles. The first-order chi connectivity index (χ1) is 15.1. The van der Waals surface area contributed by atoms with Crippen LogP contribution in [0.1, 0.15) is 16.7 Å². The average molecular weight is 413 g/mol. The maximum atomic E-state index is 12.8. The molecule has 1 N–H and O–H groups in total. The SMILES string of the molecule is Cc1cccc(Cn2cnc3c(cnn3CCNC(=O)C=Cc3ccccc3)c2=O)c1. The lowest BCUT2D eigenvalue weighted by Crippen LogP contribution is -2.26. The van der Waals surface area contributed by atoms with Gasteiger partial charge in [0.1, 0.15) is 11.7 Å². The molecule has 1 amide bonds. The fourth-order valence-corrected chi connectivity index (χ4v) is 3.36. The van der Waals surface area contributed by atoms with Gasteiger partial charge in [0.15, 0.2) is 5.65 Å². The lowest BCUT2D eigenvalue weighted by molar-refractivity contribution is -0.116. The molecule has 156 valence electrons. The van der Waals surface area contributed by atoms with Crippen molar-refractivity contribution in [2.75, 3.05) is 6.54 Å². The Morgan fingerprint density at radius 3 is 2.77 bits per heavy atom. The first-order valence-electron chi connectivity index (χ1n) is 10.1. The lowest BCUT2D eigenvalue weighted by atomic mass is 10.1. The highest BCUT2D eigenvalue weighted by Crippen LogP contribution is 2.08. The Kier molecular flexibility index (Phi) is 6.03. The minimum Gasteiger partial charge on any atom is -0.351 e. The van der Waals surface area contributed by atoms with Gasteiger partial charge in [0.2, 0.25) is 5.91 Å². The van der Waals surface area contributed by atoms with Gasteiger partial charge in [0, 0.05) is 12.6 Å². The zero-order valence-corrected chi connectivity index (χ0v) is 17.2. The second-order valence-electron chi connectivity index (χ2n) is 7.31. The number of nitrogens with zero attached hydrogens (tertiary/aromatic N) is 4. The van der Waals surface area contributed by atoms with E-state index in [9.17, 15) is 9.59 Å². The zero-order chi connectivity index (χ0) is 21.6. The van der Waals surface area contributed by atoms with E-state index in [4.69, 9.17) is 0 Å². The number of rotatable bonds is 7. The summed E-state index contributed by atoms with van der Waals surface area (Å²) in [7, 11) is 0. The number of aromatic nitrogens is 4. The van der Waals surface area contributed by atoms with Gasteiger partial charge in [-0.2, -0.15) is 5.10 Å². The summed E-state index contributed by atoms with van der Waals surface area (Å²) < 4.78 is 3.22. The Balaban J connectivity index is 1.40. The highest BCUT2D eigenvalue weighted by Gasteiger charge is 2.10. The summed E-state index contributed by atoms with van der Waals surface area (Å²) in [5.74, 6) is -0.186. The van der Waals surface area contributed by atoms with Crippen LogP contribution >= 0.6 is 0 Å². The van der Waals surface area contributed by atoms with Crippen molar-refractivity contribution < 1.29 is 4.79 Å². The summed E-state index contributed by atoms with van der Waals surface area (Å²) in [6, 6.07) is 17.7. The number of hydrogen-bond donors (Lipinski definition) is 1. The van der Waals surface area contributed by atoms with E-state index in [1.807, 2.05) is 55.5 Å². The number of aryl methyl sites for hydroxylation is 1. The van der Waals surface area contributed by atoms with Crippen LogP contribution in [0.2, 0.25) is 0 Å². The maximum Gasteiger partial charge on any atom is 0.264 e. The standard InChI is InChI=1S/C24H23N5O2/c1-18-6-5-9-20(14-18)16-28-17-26-23-21(24(28)31)15-27-29(23)13-12-25-22(30)11-10-19-7-3-2-4-8-19/h2-11,14-15,17H,12-13,16H2,1H3,(H,25,30). The van der Waals surface area contributed by atoms with Crippen LogP contribution in [0.5, 0.6) is 0 Å². The number of benzene rings is 2. The Bertz CT molecular complexity index is 1290. The number of fused-ring (bicyclic) bond motifs is 1. The Hall–Kier alpha value is -4.00. The quantitative estimate of drug-likeness (QED) is 0.473. The van der Waals surface area contributed by atoms with Crippen molar-refractivity contribution in [1.82, 2.24) is 24.6 Å². The highest BCUT2D eigenvalue weighted by molar-refractivity contribution is 5.91. The molecule has 0 unspecified atom stereocenters. The Morgan fingerprint density at radius 1 is 1.13 bits per heavy atom. The first-order valence-corrected chi connectivity index (χ1v) is 10.1. The van der Waals surface area contributed by atoms with Crippen molar-refractivity contribution in [3.63, 3.8) is 0 Å². The molecule has 2 aromatic carbocycles. The molecule has 0 aliphatic rings. The summed E-state index contributed by atoms with van der Waals surface area (Å²) >= 11 is 0. The van der Waals surface area contributed by atoms with Crippen molar-refractivity contribution >= 4 is 23.0 Å². The summed E-state index contributed by atoms with van der Waals surface area (Å²) in [6.07, 6.45) is 6.34. The van der Waals surface area contributed by atoms with E-state index < -0.39 is 0 Å². The van der Waals surface area contributed by atoms with Crippen LogP contribution in [0.25, 0.3) is 17.1 Å². The molecule has 0 saturated heterocycles. The maximum absolute atomic E-state index is 12.8. The number of nitrogens with one attached hydrogen (secondary N) is 1. The van der Waals surface area contributed by atoms with Crippen LogP contribution in [0.4, 0.5) is 0 Å². The predicted octanol–water partition coefficient (Wildman–Crippen LogP) is 2.78. The molecule has 4 rings (SSSR count). The highest BCUT2D eigenvalue weighted by atomic mass is 16.1. The summed E-state index contributed by atoms with van der Waals surface area (Å²) in [4.78, 5) is 29.3. The molecular formula is C24H23N5O2. The van der Waals surface area contributed by atoms with Crippen molar-refractivity contribution in [3.05, 3.63) is 100 Å². The molecule has 7 nitrogen and oxygen atoms in total.